The molecular formula is C8H16N2. The Labute approximate surface area is 62.5 Å². The zero-order valence-corrected chi connectivity index (χ0v) is 6.80. The van der Waals surface area contributed by atoms with Crippen LogP contribution in [0.5, 0.6) is 0 Å². The van der Waals surface area contributed by atoms with Gasteiger partial charge >= 0.3 is 0 Å². The molecule has 0 unspecified atom stereocenters. The van der Waals surface area contributed by atoms with Gasteiger partial charge in [0.25, 0.3) is 0 Å². The fraction of sp³-hybridized carbons (Fsp3) is 0.875. The van der Waals surface area contributed by atoms with Gasteiger partial charge in [-0.15, -0.1) is 0 Å². The summed E-state index contributed by atoms with van der Waals surface area (Å²) in [6.45, 7) is 4.42. The topological polar surface area (TPSA) is 38.4 Å². The van der Waals surface area contributed by atoms with E-state index >= 15 is 0 Å². The zero-order valence-electron chi connectivity index (χ0n) is 6.80. The van der Waals surface area contributed by atoms with E-state index in [-0.39, 0.29) is 0 Å². The third-order valence-electron chi connectivity index (χ3n) is 2.10. The van der Waals surface area contributed by atoms with Crippen molar-refractivity contribution in [1.29, 1.82) is 0 Å². The molecule has 0 saturated carbocycles. The number of nitrogens with two attached hydrogens (primary N) is 1. The molecule has 58 valence electrons. The first kappa shape index (κ1) is 7.58. The van der Waals surface area contributed by atoms with Gasteiger partial charge in [0.15, 0.2) is 0 Å². The van der Waals surface area contributed by atoms with Crippen LogP contribution in [0.3, 0.4) is 0 Å². The number of aliphatic imine (C=N–C) groups is 1. The average molecular weight is 140 g/mol. The maximum atomic E-state index is 5.60. The largest absolute Gasteiger partial charge is 0.387 e. The summed E-state index contributed by atoms with van der Waals surface area (Å²) in [5.74, 6) is 1.53. The number of rotatable bonds is 2. The summed E-state index contributed by atoms with van der Waals surface area (Å²) in [5, 5.41) is 0. The summed E-state index contributed by atoms with van der Waals surface area (Å²) in [6.07, 6.45) is 3.42. The molecule has 0 aromatic carbocycles. The molecule has 0 aromatic heterocycles. The van der Waals surface area contributed by atoms with Gasteiger partial charge in [0.05, 0.1) is 11.9 Å². The minimum atomic E-state index is 0.519. The van der Waals surface area contributed by atoms with Gasteiger partial charge < -0.3 is 5.73 Å². The smallest absolute Gasteiger partial charge is 0.0944 e. The lowest BCUT2D eigenvalue weighted by molar-refractivity contribution is 0.471. The van der Waals surface area contributed by atoms with Crippen LogP contribution in [0.4, 0.5) is 0 Å². The maximum absolute atomic E-state index is 5.60. The second kappa shape index (κ2) is 3.04. The molecular weight excluding hydrogens is 124 g/mol. The highest BCUT2D eigenvalue weighted by Gasteiger charge is 2.22. The van der Waals surface area contributed by atoms with E-state index in [0.717, 1.165) is 12.3 Å². The maximum Gasteiger partial charge on any atom is 0.0944 e. The van der Waals surface area contributed by atoms with Crippen molar-refractivity contribution in [2.75, 3.05) is 0 Å². The minimum absolute atomic E-state index is 0.519. The molecule has 10 heavy (non-hydrogen) atoms. The van der Waals surface area contributed by atoms with Crippen molar-refractivity contribution in [1.82, 2.24) is 0 Å². The molecule has 2 N–H and O–H groups in total. The van der Waals surface area contributed by atoms with Crippen LogP contribution < -0.4 is 5.73 Å². The Morgan fingerprint density at radius 1 is 1.70 bits per heavy atom. The normalized spacial score (nSPS) is 32.4. The quantitative estimate of drug-likeness (QED) is 0.621. The van der Waals surface area contributed by atoms with E-state index < -0.39 is 0 Å². The lowest BCUT2D eigenvalue weighted by Gasteiger charge is -2.09. The molecule has 0 aromatic rings. The molecule has 2 heteroatoms. The Morgan fingerprint density at radius 2 is 2.40 bits per heavy atom. The molecule has 0 amide bonds. The van der Waals surface area contributed by atoms with Gasteiger partial charge in [-0.25, -0.2) is 0 Å². The van der Waals surface area contributed by atoms with Crippen LogP contribution >= 0.6 is 0 Å². The van der Waals surface area contributed by atoms with Gasteiger partial charge in [0.1, 0.15) is 0 Å². The summed E-state index contributed by atoms with van der Waals surface area (Å²) in [5.41, 5.74) is 5.60. The highest BCUT2D eigenvalue weighted by atomic mass is 14.9. The molecule has 0 fully saturated rings. The Bertz CT molecular complexity index is 140. The fourth-order valence-electron chi connectivity index (χ4n) is 1.50. The van der Waals surface area contributed by atoms with Crippen molar-refractivity contribution in [3.63, 3.8) is 0 Å². The molecule has 0 spiro atoms. The highest BCUT2D eigenvalue weighted by molar-refractivity contribution is 5.82. The van der Waals surface area contributed by atoms with Crippen LogP contribution in [0.1, 0.15) is 33.1 Å². The standard InChI is InChI=1S/C8H16N2/c1-3-4-7-6(2)5-8(9)10-7/h6-7H,3-5H2,1-2H3,(H2,9,10)/t6-,7+/m1/s1. The van der Waals surface area contributed by atoms with Crippen LogP contribution in [0.2, 0.25) is 0 Å². The Kier molecular flexibility index (Phi) is 2.30. The lowest BCUT2D eigenvalue weighted by Crippen LogP contribution is -2.10. The molecule has 2 atom stereocenters. The molecule has 1 rings (SSSR count). The Balaban J connectivity index is 2.44. The summed E-state index contributed by atoms with van der Waals surface area (Å²) < 4.78 is 0. The number of nitrogens with zero attached hydrogens (tertiary/aromatic N) is 1. The highest BCUT2D eigenvalue weighted by Crippen LogP contribution is 2.22. The Hall–Kier alpha value is -0.530. The van der Waals surface area contributed by atoms with Crippen molar-refractivity contribution in [2.45, 2.75) is 39.2 Å². The van der Waals surface area contributed by atoms with Gasteiger partial charge in [-0.05, 0) is 12.3 Å². The number of hydrogen-bond donors (Lipinski definition) is 1. The van der Waals surface area contributed by atoms with E-state index in [1.165, 1.54) is 12.8 Å². The molecule has 0 saturated heterocycles. The molecule has 0 radical (unpaired) electrons. The zero-order chi connectivity index (χ0) is 7.56. The Morgan fingerprint density at radius 3 is 2.80 bits per heavy atom. The first-order valence-electron chi connectivity index (χ1n) is 4.06. The van der Waals surface area contributed by atoms with Gasteiger partial charge in [-0.3, -0.25) is 4.99 Å². The second-order valence-corrected chi connectivity index (χ2v) is 3.16. The molecule has 1 aliphatic heterocycles. The third kappa shape index (κ3) is 1.49. The van der Waals surface area contributed by atoms with Crippen LogP contribution in [0, 0.1) is 5.92 Å². The molecule has 1 heterocycles. The van der Waals surface area contributed by atoms with E-state index in [0.29, 0.717) is 12.0 Å². The van der Waals surface area contributed by atoms with E-state index in [1.54, 1.807) is 0 Å². The van der Waals surface area contributed by atoms with E-state index in [2.05, 4.69) is 18.8 Å². The summed E-state index contributed by atoms with van der Waals surface area (Å²) in [4.78, 5) is 4.35. The van der Waals surface area contributed by atoms with E-state index in [4.69, 9.17) is 5.73 Å². The lowest BCUT2D eigenvalue weighted by atomic mass is 9.98. The van der Waals surface area contributed by atoms with Crippen molar-refractivity contribution < 1.29 is 0 Å². The van der Waals surface area contributed by atoms with Crippen LogP contribution in [-0.4, -0.2) is 11.9 Å². The monoisotopic (exact) mass is 140 g/mol. The van der Waals surface area contributed by atoms with E-state index in [1.807, 2.05) is 0 Å². The molecule has 0 aliphatic carbocycles. The predicted octanol–water partition coefficient (Wildman–Crippen LogP) is 1.55. The molecule has 2 nitrogen and oxygen atoms in total. The van der Waals surface area contributed by atoms with Crippen molar-refractivity contribution >= 4 is 5.84 Å². The minimum Gasteiger partial charge on any atom is -0.387 e. The first-order valence-corrected chi connectivity index (χ1v) is 4.06. The van der Waals surface area contributed by atoms with Gasteiger partial charge in [-0.2, -0.15) is 0 Å². The summed E-state index contributed by atoms with van der Waals surface area (Å²) in [6, 6.07) is 0.519. The second-order valence-electron chi connectivity index (χ2n) is 3.16. The van der Waals surface area contributed by atoms with E-state index in [9.17, 15) is 0 Å². The number of hydrogen-bond acceptors (Lipinski definition) is 2. The van der Waals surface area contributed by atoms with Gasteiger partial charge in [-0.1, -0.05) is 20.3 Å². The SMILES string of the molecule is CCC[C@@H]1N=C(N)C[C@H]1C. The summed E-state index contributed by atoms with van der Waals surface area (Å²) in [7, 11) is 0. The predicted molar refractivity (Wildman–Crippen MR) is 44.1 cm³/mol. The van der Waals surface area contributed by atoms with Crippen molar-refractivity contribution in [3.8, 4) is 0 Å². The number of amidine groups is 1. The van der Waals surface area contributed by atoms with Gasteiger partial charge in [0.2, 0.25) is 0 Å². The fourth-order valence-corrected chi connectivity index (χ4v) is 1.50. The third-order valence-corrected chi connectivity index (χ3v) is 2.10. The summed E-state index contributed by atoms with van der Waals surface area (Å²) >= 11 is 0. The van der Waals surface area contributed by atoms with Crippen LogP contribution in [0.25, 0.3) is 0 Å². The van der Waals surface area contributed by atoms with Gasteiger partial charge in [0, 0.05) is 6.42 Å². The first-order chi connectivity index (χ1) is 4.74. The molecule has 0 bridgehead atoms. The van der Waals surface area contributed by atoms with Crippen molar-refractivity contribution in [2.24, 2.45) is 16.6 Å². The molecule has 1 aliphatic rings. The average Bonchev–Trinajstić information content (AvgIpc) is 2.13. The van der Waals surface area contributed by atoms with Crippen LogP contribution in [0.15, 0.2) is 4.99 Å². The van der Waals surface area contributed by atoms with Crippen LogP contribution in [-0.2, 0) is 0 Å². The van der Waals surface area contributed by atoms with Crippen molar-refractivity contribution in [3.05, 3.63) is 0 Å².